The van der Waals surface area contributed by atoms with Crippen molar-refractivity contribution in [2.45, 2.75) is 31.6 Å². The summed E-state index contributed by atoms with van der Waals surface area (Å²) in [5.41, 5.74) is 14.0. The summed E-state index contributed by atoms with van der Waals surface area (Å²) in [5, 5.41) is 2.25. The Morgan fingerprint density at radius 1 is 0.412 bits per heavy atom. The summed E-state index contributed by atoms with van der Waals surface area (Å²) in [6.45, 7) is 0. The summed E-state index contributed by atoms with van der Waals surface area (Å²) in [6.07, 6.45) is 5.70. The zero-order valence-electron chi connectivity index (χ0n) is 28.6. The topological polar surface area (TPSA) is 16.4 Å². The maximum Gasteiger partial charge on any atom is 0.135 e. The smallest absolute Gasteiger partial charge is 0.135 e. The van der Waals surface area contributed by atoms with E-state index in [1.54, 1.807) is 0 Å². The van der Waals surface area contributed by atoms with Crippen molar-refractivity contribution in [1.82, 2.24) is 0 Å². The van der Waals surface area contributed by atoms with Gasteiger partial charge in [-0.3, -0.25) is 0 Å². The Hall–Kier alpha value is -5.86. The second-order valence-corrected chi connectivity index (χ2v) is 14.6. The van der Waals surface area contributed by atoms with Gasteiger partial charge in [0.2, 0.25) is 0 Å². The van der Waals surface area contributed by atoms with Gasteiger partial charge in [0.15, 0.2) is 0 Å². The maximum atomic E-state index is 6.20. The first-order valence-corrected chi connectivity index (χ1v) is 18.4. The van der Waals surface area contributed by atoms with Crippen molar-refractivity contribution >= 4 is 39.0 Å². The van der Waals surface area contributed by atoms with E-state index in [4.69, 9.17) is 4.42 Å². The fourth-order valence-electron chi connectivity index (χ4n) is 8.97. The number of hydrogen-bond donors (Lipinski definition) is 0. The molecule has 3 atom stereocenters. The molecule has 10 rings (SSSR count). The van der Waals surface area contributed by atoms with Gasteiger partial charge >= 0.3 is 0 Å². The first-order chi connectivity index (χ1) is 25.2. The Labute approximate surface area is 299 Å². The first kappa shape index (κ1) is 30.0. The molecule has 8 aromatic rings. The Bertz CT molecular complexity index is 2460. The van der Waals surface area contributed by atoms with Crippen LogP contribution in [-0.2, 0) is 0 Å². The van der Waals surface area contributed by atoms with Crippen LogP contribution < -0.4 is 4.90 Å². The highest BCUT2D eigenvalue weighted by molar-refractivity contribution is 6.06. The van der Waals surface area contributed by atoms with Gasteiger partial charge in [0.25, 0.3) is 0 Å². The number of furan rings is 1. The lowest BCUT2D eigenvalue weighted by atomic mass is 9.83. The summed E-state index contributed by atoms with van der Waals surface area (Å²) in [7, 11) is 0. The minimum atomic E-state index is 0.762. The summed E-state index contributed by atoms with van der Waals surface area (Å²) in [5.74, 6) is 2.63. The van der Waals surface area contributed by atoms with E-state index < -0.39 is 0 Å². The molecule has 2 bridgehead atoms. The van der Waals surface area contributed by atoms with E-state index in [0.717, 1.165) is 56.8 Å². The standard InChI is InChI=1S/C49H39NO/c1-2-6-34(7-3-1)35-12-14-36(15-13-35)38-20-24-42(25-21-38)50(44-28-29-49-47(32-44)45-8-4-5-9-48(45)51-49)43-26-22-39(23-27-43)37-16-18-40(19-17-37)46-31-33-10-11-41(46)30-33/h1-9,12-29,32-33,41,46H,10-11,30-31H2. The van der Waals surface area contributed by atoms with Crippen molar-refractivity contribution in [2.75, 3.05) is 4.90 Å². The highest BCUT2D eigenvalue weighted by atomic mass is 16.3. The van der Waals surface area contributed by atoms with Crippen molar-refractivity contribution in [2.24, 2.45) is 11.8 Å². The van der Waals surface area contributed by atoms with Gasteiger partial charge in [-0.15, -0.1) is 0 Å². The SMILES string of the molecule is c1ccc(-c2ccc(-c3ccc(N(c4ccc(-c5ccc(C6CC7CCC6C7)cc5)cc4)c4ccc5oc6ccccc6c5c4)cc3)cc2)cc1. The average Bonchev–Trinajstić information content (AvgIpc) is 3.94. The fraction of sp³-hybridized carbons (Fsp3) is 0.143. The predicted octanol–water partition coefficient (Wildman–Crippen LogP) is 14.0. The van der Waals surface area contributed by atoms with E-state index in [9.17, 15) is 0 Å². The van der Waals surface area contributed by atoms with Crippen LogP contribution in [0.25, 0.3) is 55.3 Å². The third kappa shape index (κ3) is 5.52. The number of hydrogen-bond acceptors (Lipinski definition) is 2. The fourth-order valence-corrected chi connectivity index (χ4v) is 8.97. The van der Waals surface area contributed by atoms with Crippen LogP contribution in [0.2, 0.25) is 0 Å². The Morgan fingerprint density at radius 3 is 1.51 bits per heavy atom. The predicted molar refractivity (Wildman–Crippen MR) is 213 cm³/mol. The van der Waals surface area contributed by atoms with E-state index in [1.807, 2.05) is 12.1 Å². The van der Waals surface area contributed by atoms with Gasteiger partial charge in [-0.2, -0.15) is 0 Å². The minimum absolute atomic E-state index is 0.762. The van der Waals surface area contributed by atoms with Crippen molar-refractivity contribution < 1.29 is 4.42 Å². The third-order valence-electron chi connectivity index (χ3n) is 11.6. The molecule has 2 nitrogen and oxygen atoms in total. The van der Waals surface area contributed by atoms with Gasteiger partial charge in [0.05, 0.1) is 0 Å². The van der Waals surface area contributed by atoms with Crippen molar-refractivity contribution in [3.05, 3.63) is 175 Å². The van der Waals surface area contributed by atoms with Crippen molar-refractivity contribution in [3.63, 3.8) is 0 Å². The van der Waals surface area contributed by atoms with Gasteiger partial charge < -0.3 is 9.32 Å². The number of nitrogens with zero attached hydrogens (tertiary/aromatic N) is 1. The zero-order valence-corrected chi connectivity index (χ0v) is 28.6. The second-order valence-electron chi connectivity index (χ2n) is 14.6. The van der Waals surface area contributed by atoms with Crippen LogP contribution in [0.15, 0.2) is 174 Å². The Balaban J connectivity index is 0.985. The third-order valence-corrected chi connectivity index (χ3v) is 11.6. The van der Waals surface area contributed by atoms with Crippen LogP contribution in [0.3, 0.4) is 0 Å². The highest BCUT2D eigenvalue weighted by Gasteiger charge is 2.40. The molecule has 3 unspecified atom stereocenters. The second kappa shape index (κ2) is 12.5. The lowest BCUT2D eigenvalue weighted by Gasteiger charge is -2.26. The molecule has 0 radical (unpaired) electrons. The van der Waals surface area contributed by atoms with E-state index >= 15 is 0 Å². The summed E-state index contributed by atoms with van der Waals surface area (Å²) in [6, 6.07) is 61.7. The molecule has 7 aromatic carbocycles. The zero-order chi connectivity index (χ0) is 33.7. The number of anilines is 3. The van der Waals surface area contributed by atoms with Gasteiger partial charge in [0, 0.05) is 27.8 Å². The molecular formula is C49H39NO. The summed E-state index contributed by atoms with van der Waals surface area (Å²) < 4.78 is 6.20. The monoisotopic (exact) mass is 657 g/mol. The lowest BCUT2D eigenvalue weighted by molar-refractivity contribution is 0.420. The summed E-state index contributed by atoms with van der Waals surface area (Å²) >= 11 is 0. The highest BCUT2D eigenvalue weighted by Crippen LogP contribution is 2.53. The van der Waals surface area contributed by atoms with E-state index in [-0.39, 0.29) is 0 Å². The molecule has 0 saturated heterocycles. The van der Waals surface area contributed by atoms with Crippen LogP contribution in [0, 0.1) is 11.8 Å². The normalized spacial score (nSPS) is 18.1. The van der Waals surface area contributed by atoms with Crippen LogP contribution in [0.1, 0.15) is 37.2 Å². The Kier molecular flexibility index (Phi) is 7.34. The molecule has 51 heavy (non-hydrogen) atoms. The van der Waals surface area contributed by atoms with Crippen molar-refractivity contribution in [3.8, 4) is 33.4 Å². The molecule has 2 saturated carbocycles. The molecule has 0 spiro atoms. The van der Waals surface area contributed by atoms with Crippen LogP contribution >= 0.6 is 0 Å². The van der Waals surface area contributed by atoms with E-state index in [0.29, 0.717) is 0 Å². The molecule has 0 N–H and O–H groups in total. The number of para-hydroxylation sites is 1. The van der Waals surface area contributed by atoms with E-state index in [1.165, 1.54) is 64.6 Å². The number of benzene rings is 7. The molecule has 1 heterocycles. The molecular weight excluding hydrogens is 619 g/mol. The van der Waals surface area contributed by atoms with Crippen LogP contribution in [-0.4, -0.2) is 0 Å². The van der Waals surface area contributed by atoms with Gasteiger partial charge in [-0.1, -0.05) is 128 Å². The summed E-state index contributed by atoms with van der Waals surface area (Å²) in [4.78, 5) is 2.35. The van der Waals surface area contributed by atoms with Gasteiger partial charge in [-0.25, -0.2) is 0 Å². The first-order valence-electron chi connectivity index (χ1n) is 18.4. The molecule has 2 fully saturated rings. The molecule has 1 aromatic heterocycles. The number of fused-ring (bicyclic) bond motifs is 5. The molecule has 2 aliphatic rings. The van der Waals surface area contributed by atoms with Gasteiger partial charge in [0.1, 0.15) is 11.2 Å². The average molecular weight is 658 g/mol. The molecule has 0 amide bonds. The van der Waals surface area contributed by atoms with Crippen molar-refractivity contribution in [1.29, 1.82) is 0 Å². The molecule has 0 aliphatic heterocycles. The van der Waals surface area contributed by atoms with Crippen LogP contribution in [0.4, 0.5) is 17.1 Å². The quantitative estimate of drug-likeness (QED) is 0.170. The minimum Gasteiger partial charge on any atom is -0.456 e. The lowest BCUT2D eigenvalue weighted by Crippen LogP contribution is -2.09. The van der Waals surface area contributed by atoms with Gasteiger partial charge in [-0.05, 0) is 124 Å². The molecule has 2 aliphatic carbocycles. The van der Waals surface area contributed by atoms with Crippen LogP contribution in [0.5, 0.6) is 0 Å². The van der Waals surface area contributed by atoms with E-state index in [2.05, 4.69) is 163 Å². The Morgan fingerprint density at radius 2 is 0.922 bits per heavy atom. The maximum absolute atomic E-state index is 6.20. The largest absolute Gasteiger partial charge is 0.456 e. The molecule has 2 heteroatoms. The number of rotatable bonds is 7. The molecule has 246 valence electrons.